The fourth-order valence-corrected chi connectivity index (χ4v) is 7.58. The van der Waals surface area contributed by atoms with Crippen LogP contribution in [0.3, 0.4) is 0 Å². The predicted molar refractivity (Wildman–Crippen MR) is 245 cm³/mol. The van der Waals surface area contributed by atoms with E-state index in [1.165, 1.54) is 24.3 Å². The van der Waals surface area contributed by atoms with E-state index in [0.717, 1.165) is 0 Å². The minimum absolute atomic E-state index is 0. The molecule has 0 spiro atoms. The van der Waals surface area contributed by atoms with E-state index in [9.17, 15) is 73.5 Å². The largest absolute Gasteiger partial charge is 2.00 e. The standard InChI is InChI=1S/C43H67N13O15.Cu/c44-43(45)47-11-3-5-29-39(68)48-22-33(58)49-32(21-35(60)61)42(71)52-31(20-27-6-8-28(57)9-7-27)41(70)51-30(40(69)50-29)4-1-2-10-46-34(59)23-53-12-14-54(24-36(62)63)16-18-56(26-38(66)67)19-17-55(15-13-53)25-37(64)65;/h6-9,29-32,57H,1-5,10-26H2,(H,46,59)(H,48,68)(H,49,58)(H,50,69)(H,51,70)(H,52,71)(H,60,61)(H,62,63)(H,64,65)(H,66,67)(H4,44,45,47);/q;+2/p-2/t29-,30-,31+,32-;/m0./s1/i;1+0. The molecule has 0 saturated carbocycles. The topological polar surface area (TPSA) is 427 Å². The van der Waals surface area contributed by atoms with Crippen molar-refractivity contribution in [2.75, 3.05) is 98.2 Å². The average molecular weight is 1070 g/mol. The molecule has 0 aliphatic carbocycles. The normalized spacial score (nSPS) is 20.9. The van der Waals surface area contributed by atoms with Crippen LogP contribution >= 0.6 is 0 Å². The van der Waals surface area contributed by atoms with Gasteiger partial charge in [-0.1, -0.05) is 12.1 Å². The van der Waals surface area contributed by atoms with Crippen molar-refractivity contribution < 1.29 is 90.5 Å². The van der Waals surface area contributed by atoms with E-state index in [0.29, 0.717) is 5.56 Å². The number of hydrogen-bond acceptors (Lipinski definition) is 18. The zero-order valence-electron chi connectivity index (χ0n) is 39.6. The second kappa shape index (κ2) is 32.3. The zero-order valence-corrected chi connectivity index (χ0v) is 40.5. The number of carbonyl (C=O) groups is 10. The Bertz CT molecular complexity index is 2020. The molecule has 3 rings (SSSR count). The van der Waals surface area contributed by atoms with Crippen molar-refractivity contribution in [2.24, 2.45) is 16.5 Å². The number of guanidine groups is 1. The zero-order chi connectivity index (χ0) is 52.5. The Kier molecular flexibility index (Phi) is 27.6. The van der Waals surface area contributed by atoms with E-state index in [2.05, 4.69) is 36.9 Å². The van der Waals surface area contributed by atoms with Gasteiger partial charge in [0, 0.05) is 85.0 Å². The van der Waals surface area contributed by atoms with Gasteiger partial charge >= 0.3 is 29.0 Å². The molecule has 2 aliphatic rings. The number of carbonyl (C=O) groups excluding carboxylic acids is 8. The van der Waals surface area contributed by atoms with Gasteiger partial charge in [0.25, 0.3) is 0 Å². The molecular weight excluding hydrogens is 1000 g/mol. The van der Waals surface area contributed by atoms with Crippen LogP contribution in [0.2, 0.25) is 0 Å². The number of phenols is 1. The van der Waals surface area contributed by atoms with E-state index < -0.39 is 110 Å². The summed E-state index contributed by atoms with van der Waals surface area (Å²) in [6.45, 7) is -0.777. The Hall–Kier alpha value is -6.65. The molecule has 1 aromatic carbocycles. The number of unbranched alkanes of at least 4 members (excludes halogenated alkanes) is 1. The Morgan fingerprint density at radius 1 is 0.625 bits per heavy atom. The first-order valence-corrected chi connectivity index (χ1v) is 23.0. The van der Waals surface area contributed by atoms with Gasteiger partial charge in [-0.2, -0.15) is 0 Å². The molecule has 403 valence electrons. The Morgan fingerprint density at radius 3 is 1.61 bits per heavy atom. The summed E-state index contributed by atoms with van der Waals surface area (Å²) in [5.41, 5.74) is 11.3. The second-order valence-corrected chi connectivity index (χ2v) is 17.0. The molecule has 28 nitrogen and oxygen atoms in total. The van der Waals surface area contributed by atoms with Crippen molar-refractivity contribution in [3.8, 4) is 5.75 Å². The maximum absolute atomic E-state index is 14.1. The summed E-state index contributed by atoms with van der Waals surface area (Å²) in [4.78, 5) is 138. The summed E-state index contributed by atoms with van der Waals surface area (Å²) in [5, 5.41) is 67.0. The number of carboxylic acid groups (broad SMARTS) is 4. The summed E-state index contributed by atoms with van der Waals surface area (Å²) in [5.74, 6) is -10.6. The molecule has 6 amide bonds. The smallest absolute Gasteiger partial charge is 0.549 e. The number of carboxylic acids is 4. The van der Waals surface area contributed by atoms with E-state index in [4.69, 9.17) is 11.5 Å². The molecule has 0 bridgehead atoms. The van der Waals surface area contributed by atoms with E-state index >= 15 is 0 Å². The average Bonchev–Trinajstić information content (AvgIpc) is 3.28. The van der Waals surface area contributed by atoms with Crippen molar-refractivity contribution in [3.05, 3.63) is 29.8 Å². The molecule has 2 aliphatic heterocycles. The van der Waals surface area contributed by atoms with Crippen LogP contribution in [0.4, 0.5) is 0 Å². The minimum atomic E-state index is -1.70. The molecule has 1 aromatic rings. The van der Waals surface area contributed by atoms with Gasteiger partial charge in [0.2, 0.25) is 35.4 Å². The molecule has 0 aromatic heterocycles. The number of aromatic hydroxyl groups is 1. The third-order valence-corrected chi connectivity index (χ3v) is 11.3. The molecule has 4 atom stereocenters. The van der Waals surface area contributed by atoms with Gasteiger partial charge < -0.3 is 78.5 Å². The van der Waals surface area contributed by atoms with Crippen LogP contribution in [0.25, 0.3) is 0 Å². The number of nitrogens with two attached hydrogens (primary N) is 2. The van der Waals surface area contributed by atoms with Gasteiger partial charge in [0.05, 0.1) is 38.0 Å². The van der Waals surface area contributed by atoms with E-state index in [1.807, 2.05) is 0 Å². The van der Waals surface area contributed by atoms with Crippen LogP contribution in [-0.2, 0) is 71.4 Å². The fraction of sp³-hybridized carbons (Fsp3) is 0.605. The van der Waals surface area contributed by atoms with Crippen LogP contribution < -0.4 is 53.6 Å². The van der Waals surface area contributed by atoms with Crippen molar-refractivity contribution in [2.45, 2.75) is 69.1 Å². The number of rotatable bonds is 21. The molecule has 13 N–H and O–H groups in total. The number of phenolic OH excluding ortho intramolecular Hbond substituents is 1. The van der Waals surface area contributed by atoms with Crippen LogP contribution in [0.15, 0.2) is 29.3 Å². The summed E-state index contributed by atoms with van der Waals surface area (Å²) < 4.78 is 0. The van der Waals surface area contributed by atoms with Crippen LogP contribution in [0, 0.1) is 0 Å². The SMILES string of the molecule is NC(N)=NCCC[C@@H]1NC(=O)[C@H](CCCCNC(=O)CN2CCN(CC(=O)[O-])CCN(CC(=O)O)CCN(CC(=O)[O-])CC2)NC(=O)[C@@H](Cc2ccc(O)cc2)NC(=O)[C@H](CC(=O)O)NC(=O)CNC1=O.[64Cu+2]. The third kappa shape index (κ3) is 25.0. The molecule has 1 radical (unpaired) electrons. The van der Waals surface area contributed by atoms with Crippen molar-refractivity contribution in [1.82, 2.24) is 51.5 Å². The van der Waals surface area contributed by atoms with Crippen molar-refractivity contribution in [3.63, 3.8) is 0 Å². The Balaban J connectivity index is 0.0000178. The fourth-order valence-electron chi connectivity index (χ4n) is 7.58. The Labute approximate surface area is 425 Å². The van der Waals surface area contributed by atoms with Crippen LogP contribution in [-0.4, -0.2) is 223 Å². The Morgan fingerprint density at radius 2 is 1.10 bits per heavy atom. The molecule has 2 heterocycles. The minimum Gasteiger partial charge on any atom is -0.549 e. The monoisotopic (exact) mass is 1070 g/mol. The van der Waals surface area contributed by atoms with Gasteiger partial charge in [-0.05, 0) is 49.8 Å². The van der Waals surface area contributed by atoms with Crippen molar-refractivity contribution in [1.29, 1.82) is 0 Å². The van der Waals surface area contributed by atoms with Gasteiger partial charge in [-0.3, -0.25) is 62.9 Å². The quantitative estimate of drug-likeness (QED) is 0.0236. The second-order valence-electron chi connectivity index (χ2n) is 17.0. The van der Waals surface area contributed by atoms with Crippen LogP contribution in [0.1, 0.15) is 44.1 Å². The first kappa shape index (κ1) is 61.5. The van der Waals surface area contributed by atoms with Gasteiger partial charge in [-0.25, -0.2) is 0 Å². The number of hydrogen-bond donors (Lipinski definition) is 11. The summed E-state index contributed by atoms with van der Waals surface area (Å²) in [7, 11) is 0. The third-order valence-electron chi connectivity index (χ3n) is 11.3. The molecule has 29 heteroatoms. The number of aliphatic carboxylic acids is 4. The van der Waals surface area contributed by atoms with Gasteiger partial charge in [0.1, 0.15) is 29.9 Å². The van der Waals surface area contributed by atoms with Gasteiger partial charge in [-0.15, -0.1) is 0 Å². The number of amides is 6. The molecular formula is C43H65CuN13O15. The molecule has 2 saturated heterocycles. The summed E-state index contributed by atoms with van der Waals surface area (Å²) in [6.07, 6.45) is -0.618. The summed E-state index contributed by atoms with van der Waals surface area (Å²) >= 11 is 0. The number of nitrogens with zero attached hydrogens (tertiary/aromatic N) is 5. The first-order chi connectivity index (χ1) is 33.7. The first-order valence-electron chi connectivity index (χ1n) is 23.0. The maximum atomic E-state index is 14.1. The maximum Gasteiger partial charge on any atom is 2.00 e. The molecule has 2 fully saturated rings. The molecule has 0 unspecified atom stereocenters. The molecule has 72 heavy (non-hydrogen) atoms. The van der Waals surface area contributed by atoms with E-state index in [-0.39, 0.29) is 146 Å². The van der Waals surface area contributed by atoms with Crippen molar-refractivity contribution >= 4 is 65.3 Å². The number of aliphatic imine (C=N–C) groups is 1. The number of benzene rings is 1. The summed E-state index contributed by atoms with van der Waals surface area (Å²) in [6, 6.07) is -0.208. The van der Waals surface area contributed by atoms with Gasteiger partial charge in [0.15, 0.2) is 5.96 Å². The predicted octanol–water partition coefficient (Wildman–Crippen LogP) is -8.38. The number of nitrogens with one attached hydrogen (secondary N) is 6. The van der Waals surface area contributed by atoms with E-state index in [1.54, 1.807) is 19.6 Å². The van der Waals surface area contributed by atoms with Crippen LogP contribution in [0.5, 0.6) is 5.75 Å².